The highest BCUT2D eigenvalue weighted by molar-refractivity contribution is 6.17. The summed E-state index contributed by atoms with van der Waals surface area (Å²) in [5.74, 6) is 1.98. The van der Waals surface area contributed by atoms with E-state index in [0.29, 0.717) is 5.88 Å². The van der Waals surface area contributed by atoms with Crippen LogP contribution in [0.5, 0.6) is 11.5 Å². The Balaban J connectivity index is 2.28. The standard InChI is InChI=1S/C14H14ClNO/c1-10-3-5-13(6-4-10)17-14-7-11(2)16-9-12(14)8-15/h3-7,9H,8H2,1-2H3. The first kappa shape index (κ1) is 11.9. The fourth-order valence-corrected chi connectivity index (χ4v) is 1.69. The number of pyridine rings is 1. The van der Waals surface area contributed by atoms with Crippen LogP contribution in [0.1, 0.15) is 16.8 Å². The molecule has 2 nitrogen and oxygen atoms in total. The molecule has 0 fully saturated rings. The Morgan fingerprint density at radius 3 is 2.53 bits per heavy atom. The van der Waals surface area contributed by atoms with E-state index in [0.717, 1.165) is 22.8 Å². The molecular weight excluding hydrogens is 234 g/mol. The molecule has 0 aliphatic carbocycles. The number of aryl methyl sites for hydroxylation is 2. The molecular formula is C14H14ClNO. The van der Waals surface area contributed by atoms with E-state index in [4.69, 9.17) is 16.3 Å². The Hall–Kier alpha value is -1.54. The lowest BCUT2D eigenvalue weighted by Crippen LogP contribution is -1.92. The van der Waals surface area contributed by atoms with Crippen molar-refractivity contribution >= 4 is 11.6 Å². The third-order valence-electron chi connectivity index (χ3n) is 2.47. The van der Waals surface area contributed by atoms with Crippen molar-refractivity contribution in [2.45, 2.75) is 19.7 Å². The highest BCUT2D eigenvalue weighted by atomic mass is 35.5. The van der Waals surface area contributed by atoms with Crippen LogP contribution in [0.4, 0.5) is 0 Å². The van der Waals surface area contributed by atoms with E-state index in [9.17, 15) is 0 Å². The summed E-state index contributed by atoms with van der Waals surface area (Å²) < 4.78 is 5.81. The molecule has 1 heterocycles. The SMILES string of the molecule is Cc1ccc(Oc2cc(C)ncc2CCl)cc1. The molecule has 0 radical (unpaired) electrons. The minimum absolute atomic E-state index is 0.397. The van der Waals surface area contributed by atoms with Crippen LogP contribution < -0.4 is 4.74 Å². The molecule has 1 aromatic carbocycles. The minimum atomic E-state index is 0.397. The van der Waals surface area contributed by atoms with Crippen LogP contribution in [0, 0.1) is 13.8 Å². The molecule has 0 atom stereocenters. The van der Waals surface area contributed by atoms with Crippen LogP contribution in [0.25, 0.3) is 0 Å². The number of hydrogen-bond acceptors (Lipinski definition) is 2. The molecule has 0 aliphatic rings. The first-order chi connectivity index (χ1) is 8.19. The highest BCUT2D eigenvalue weighted by Crippen LogP contribution is 2.26. The second-order valence-electron chi connectivity index (χ2n) is 3.98. The number of rotatable bonds is 3. The second kappa shape index (κ2) is 5.19. The fourth-order valence-electron chi connectivity index (χ4n) is 1.49. The van der Waals surface area contributed by atoms with Crippen molar-refractivity contribution in [2.75, 3.05) is 0 Å². The predicted octanol–water partition coefficient (Wildman–Crippen LogP) is 4.23. The average Bonchev–Trinajstić information content (AvgIpc) is 2.32. The van der Waals surface area contributed by atoms with Gasteiger partial charge in [-0.1, -0.05) is 17.7 Å². The Kier molecular flexibility index (Phi) is 3.64. The van der Waals surface area contributed by atoms with E-state index >= 15 is 0 Å². The molecule has 0 saturated carbocycles. The maximum atomic E-state index is 5.86. The van der Waals surface area contributed by atoms with Crippen LogP contribution >= 0.6 is 11.6 Å². The van der Waals surface area contributed by atoms with Crippen molar-refractivity contribution in [1.82, 2.24) is 4.98 Å². The second-order valence-corrected chi connectivity index (χ2v) is 4.25. The zero-order valence-corrected chi connectivity index (χ0v) is 10.7. The zero-order chi connectivity index (χ0) is 12.3. The Morgan fingerprint density at radius 1 is 1.18 bits per heavy atom. The zero-order valence-electron chi connectivity index (χ0n) is 9.90. The maximum absolute atomic E-state index is 5.86. The Morgan fingerprint density at radius 2 is 1.88 bits per heavy atom. The molecule has 88 valence electrons. The quantitative estimate of drug-likeness (QED) is 0.758. The summed E-state index contributed by atoms with van der Waals surface area (Å²) in [6.07, 6.45) is 1.76. The van der Waals surface area contributed by atoms with Crippen molar-refractivity contribution < 1.29 is 4.74 Å². The van der Waals surface area contributed by atoms with Gasteiger partial charge in [0.05, 0.1) is 5.88 Å². The molecule has 2 rings (SSSR count). The van der Waals surface area contributed by atoms with Gasteiger partial charge in [0, 0.05) is 23.5 Å². The molecule has 0 amide bonds. The fraction of sp³-hybridized carbons (Fsp3) is 0.214. The minimum Gasteiger partial charge on any atom is -0.457 e. The van der Waals surface area contributed by atoms with Crippen LogP contribution in [0.3, 0.4) is 0 Å². The molecule has 3 heteroatoms. The van der Waals surface area contributed by atoms with Gasteiger partial charge in [0.1, 0.15) is 11.5 Å². The van der Waals surface area contributed by atoms with Gasteiger partial charge in [0.25, 0.3) is 0 Å². The summed E-state index contributed by atoms with van der Waals surface area (Å²) in [4.78, 5) is 4.20. The summed E-state index contributed by atoms with van der Waals surface area (Å²) in [5, 5.41) is 0. The lowest BCUT2D eigenvalue weighted by Gasteiger charge is -2.10. The van der Waals surface area contributed by atoms with Crippen LogP contribution in [0.15, 0.2) is 36.5 Å². The molecule has 0 aliphatic heterocycles. The van der Waals surface area contributed by atoms with Crippen LogP contribution in [-0.2, 0) is 5.88 Å². The smallest absolute Gasteiger partial charge is 0.135 e. The predicted molar refractivity (Wildman–Crippen MR) is 69.8 cm³/mol. The van der Waals surface area contributed by atoms with Crippen LogP contribution in [0.2, 0.25) is 0 Å². The normalized spacial score (nSPS) is 10.3. The van der Waals surface area contributed by atoms with Gasteiger partial charge in [0.2, 0.25) is 0 Å². The summed E-state index contributed by atoms with van der Waals surface area (Å²) in [5.41, 5.74) is 3.03. The number of nitrogens with zero attached hydrogens (tertiary/aromatic N) is 1. The van der Waals surface area contributed by atoms with E-state index in [1.54, 1.807) is 6.20 Å². The molecule has 0 unspecified atom stereocenters. The molecule has 0 N–H and O–H groups in total. The molecule has 0 saturated heterocycles. The van der Waals surface area contributed by atoms with Crippen LogP contribution in [-0.4, -0.2) is 4.98 Å². The number of ether oxygens (including phenoxy) is 1. The lowest BCUT2D eigenvalue weighted by atomic mass is 10.2. The van der Waals surface area contributed by atoms with Crippen molar-refractivity contribution in [2.24, 2.45) is 0 Å². The van der Waals surface area contributed by atoms with Crippen molar-refractivity contribution in [3.8, 4) is 11.5 Å². The molecule has 1 aromatic heterocycles. The monoisotopic (exact) mass is 247 g/mol. The molecule has 17 heavy (non-hydrogen) atoms. The maximum Gasteiger partial charge on any atom is 0.135 e. The third-order valence-corrected chi connectivity index (χ3v) is 2.76. The number of halogens is 1. The van der Waals surface area contributed by atoms with Crippen molar-refractivity contribution in [3.05, 3.63) is 53.3 Å². The topological polar surface area (TPSA) is 22.1 Å². The van der Waals surface area contributed by atoms with Gasteiger partial charge in [-0.25, -0.2) is 0 Å². The number of hydrogen-bond donors (Lipinski definition) is 0. The van der Waals surface area contributed by atoms with E-state index in [-0.39, 0.29) is 0 Å². The van der Waals surface area contributed by atoms with Gasteiger partial charge in [-0.15, -0.1) is 11.6 Å². The summed E-state index contributed by atoms with van der Waals surface area (Å²) in [6.45, 7) is 3.98. The number of alkyl halides is 1. The van der Waals surface area contributed by atoms with Gasteiger partial charge < -0.3 is 4.74 Å². The summed E-state index contributed by atoms with van der Waals surface area (Å²) in [7, 11) is 0. The number of benzene rings is 1. The first-order valence-electron chi connectivity index (χ1n) is 5.45. The average molecular weight is 248 g/mol. The molecule has 2 aromatic rings. The Labute approximate surface area is 106 Å². The van der Waals surface area contributed by atoms with E-state index < -0.39 is 0 Å². The first-order valence-corrected chi connectivity index (χ1v) is 5.98. The van der Waals surface area contributed by atoms with E-state index in [1.165, 1.54) is 5.56 Å². The molecule has 0 bridgehead atoms. The highest BCUT2D eigenvalue weighted by Gasteiger charge is 2.05. The third kappa shape index (κ3) is 2.98. The lowest BCUT2D eigenvalue weighted by molar-refractivity contribution is 0.476. The van der Waals surface area contributed by atoms with Gasteiger partial charge in [-0.2, -0.15) is 0 Å². The van der Waals surface area contributed by atoms with Crippen molar-refractivity contribution in [1.29, 1.82) is 0 Å². The Bertz CT molecular complexity index is 508. The number of aromatic nitrogens is 1. The van der Waals surface area contributed by atoms with Crippen molar-refractivity contribution in [3.63, 3.8) is 0 Å². The van der Waals surface area contributed by atoms with Gasteiger partial charge in [-0.05, 0) is 26.0 Å². The van der Waals surface area contributed by atoms with Gasteiger partial charge in [-0.3, -0.25) is 4.98 Å². The molecule has 0 spiro atoms. The van der Waals surface area contributed by atoms with E-state index in [2.05, 4.69) is 4.98 Å². The van der Waals surface area contributed by atoms with Gasteiger partial charge >= 0.3 is 0 Å². The van der Waals surface area contributed by atoms with Gasteiger partial charge in [0.15, 0.2) is 0 Å². The summed E-state index contributed by atoms with van der Waals surface area (Å²) >= 11 is 5.86. The summed E-state index contributed by atoms with van der Waals surface area (Å²) in [6, 6.07) is 9.83. The van der Waals surface area contributed by atoms with E-state index in [1.807, 2.05) is 44.2 Å². The largest absolute Gasteiger partial charge is 0.457 e.